The van der Waals surface area contributed by atoms with Crippen LogP contribution in [0.15, 0.2) is 76.4 Å². The Labute approximate surface area is 202 Å². The van der Waals surface area contributed by atoms with E-state index in [1.54, 1.807) is 53.1 Å². The van der Waals surface area contributed by atoms with E-state index in [9.17, 15) is 13.2 Å². The smallest absolute Gasteiger partial charge is 0.250 e. The Balaban J connectivity index is 1.41. The Hall–Kier alpha value is -2.94. The maximum atomic E-state index is 13.5. The normalized spacial score (nSPS) is 20.3. The molecule has 1 fully saturated rings. The van der Waals surface area contributed by atoms with Gasteiger partial charge < -0.3 is 9.30 Å². The minimum absolute atomic E-state index is 0.0129. The second kappa shape index (κ2) is 8.08. The predicted molar refractivity (Wildman–Crippen MR) is 134 cm³/mol. The number of pyridine rings is 1. The number of piperidine rings is 1. The standard InChI is InChI=1S/C26H24N2O4S2/c1-32-20-6-8-21(9-7-20)34(30,31)27-14-17-12-19(16-27)26-22(10-11-25(29)28(26)15-17)24-13-18-4-2-3-5-23(18)33-24/h2-11,13,17,19H,12,14-16H2,1H3/t17-,19-/m1/s1. The zero-order valence-corrected chi connectivity index (χ0v) is 20.3. The molecular formula is C26H24N2O4S2. The van der Waals surface area contributed by atoms with E-state index < -0.39 is 10.0 Å². The number of thiophene rings is 1. The average Bonchev–Trinajstić information content (AvgIpc) is 3.28. The van der Waals surface area contributed by atoms with Gasteiger partial charge in [-0.25, -0.2) is 8.42 Å². The van der Waals surface area contributed by atoms with Crippen LogP contribution in [0.5, 0.6) is 5.75 Å². The van der Waals surface area contributed by atoms with Crippen molar-refractivity contribution in [3.05, 3.63) is 82.8 Å². The number of fused-ring (bicyclic) bond motifs is 5. The molecule has 4 heterocycles. The largest absolute Gasteiger partial charge is 0.497 e. The summed E-state index contributed by atoms with van der Waals surface area (Å²) in [6.07, 6.45) is 0.885. The van der Waals surface area contributed by atoms with Crippen LogP contribution in [0.4, 0.5) is 0 Å². The molecule has 0 N–H and O–H groups in total. The lowest BCUT2D eigenvalue weighted by molar-refractivity contribution is 0.187. The van der Waals surface area contributed by atoms with Crippen molar-refractivity contribution in [1.82, 2.24) is 8.87 Å². The minimum Gasteiger partial charge on any atom is -0.497 e. The van der Waals surface area contributed by atoms with Crippen LogP contribution in [0.25, 0.3) is 20.5 Å². The Kier molecular flexibility index (Phi) is 5.13. The average molecular weight is 493 g/mol. The Morgan fingerprint density at radius 1 is 0.971 bits per heavy atom. The zero-order valence-electron chi connectivity index (χ0n) is 18.7. The molecule has 0 aliphatic carbocycles. The van der Waals surface area contributed by atoms with Gasteiger partial charge in [0, 0.05) is 52.5 Å². The van der Waals surface area contributed by atoms with Crippen molar-refractivity contribution in [2.75, 3.05) is 20.2 Å². The quantitative estimate of drug-likeness (QED) is 0.419. The van der Waals surface area contributed by atoms with Crippen molar-refractivity contribution in [3.63, 3.8) is 0 Å². The van der Waals surface area contributed by atoms with Crippen LogP contribution in [0.1, 0.15) is 18.0 Å². The highest BCUT2D eigenvalue weighted by molar-refractivity contribution is 7.89. The van der Waals surface area contributed by atoms with Crippen LogP contribution in [0, 0.1) is 5.92 Å². The lowest BCUT2D eigenvalue weighted by Crippen LogP contribution is -2.49. The van der Waals surface area contributed by atoms with Crippen LogP contribution >= 0.6 is 11.3 Å². The van der Waals surface area contributed by atoms with E-state index in [-0.39, 0.29) is 22.3 Å². The highest BCUT2D eigenvalue weighted by atomic mass is 32.2. The molecule has 0 radical (unpaired) electrons. The van der Waals surface area contributed by atoms with Crippen molar-refractivity contribution in [2.24, 2.45) is 5.92 Å². The molecule has 0 amide bonds. The van der Waals surface area contributed by atoms with Gasteiger partial charge in [0.25, 0.3) is 5.56 Å². The maximum absolute atomic E-state index is 13.5. The fraction of sp³-hybridized carbons (Fsp3) is 0.269. The van der Waals surface area contributed by atoms with E-state index in [1.807, 2.05) is 22.8 Å². The van der Waals surface area contributed by atoms with Crippen LogP contribution < -0.4 is 10.3 Å². The summed E-state index contributed by atoms with van der Waals surface area (Å²) in [6.45, 7) is 1.33. The summed E-state index contributed by atoms with van der Waals surface area (Å²) in [5.74, 6) is 0.694. The van der Waals surface area contributed by atoms with Crippen LogP contribution in [0.2, 0.25) is 0 Å². The fourth-order valence-electron chi connectivity index (χ4n) is 5.39. The molecular weight excluding hydrogens is 468 g/mol. The molecule has 2 aliphatic rings. The fourth-order valence-corrected chi connectivity index (χ4v) is 8.05. The zero-order chi connectivity index (χ0) is 23.4. The van der Waals surface area contributed by atoms with E-state index in [2.05, 4.69) is 18.2 Å². The summed E-state index contributed by atoms with van der Waals surface area (Å²) in [5, 5.41) is 1.17. The molecule has 0 spiro atoms. The first kappa shape index (κ1) is 21.6. The highest BCUT2D eigenvalue weighted by Crippen LogP contribution is 2.43. The molecule has 34 heavy (non-hydrogen) atoms. The van der Waals surface area contributed by atoms with Gasteiger partial charge in [-0.3, -0.25) is 4.79 Å². The molecule has 2 aliphatic heterocycles. The van der Waals surface area contributed by atoms with Gasteiger partial charge >= 0.3 is 0 Å². The van der Waals surface area contributed by atoms with Crippen molar-refractivity contribution in [1.29, 1.82) is 0 Å². The first-order valence-electron chi connectivity index (χ1n) is 11.3. The van der Waals surface area contributed by atoms with Crippen molar-refractivity contribution < 1.29 is 13.2 Å². The molecule has 4 aromatic rings. The first-order chi connectivity index (χ1) is 16.4. The number of ether oxygens (including phenoxy) is 1. The van der Waals surface area contributed by atoms with Gasteiger partial charge in [0.1, 0.15) is 5.75 Å². The van der Waals surface area contributed by atoms with E-state index in [4.69, 9.17) is 4.74 Å². The van der Waals surface area contributed by atoms with Crippen LogP contribution in [0.3, 0.4) is 0 Å². The summed E-state index contributed by atoms with van der Waals surface area (Å²) in [7, 11) is -2.09. The number of nitrogens with zero attached hydrogens (tertiary/aromatic N) is 2. The van der Waals surface area contributed by atoms with Crippen LogP contribution in [-0.4, -0.2) is 37.5 Å². The topological polar surface area (TPSA) is 68.6 Å². The number of benzene rings is 2. The molecule has 6 rings (SSSR count). The van der Waals surface area contributed by atoms with Gasteiger partial charge in [-0.1, -0.05) is 18.2 Å². The Morgan fingerprint density at radius 2 is 1.76 bits per heavy atom. The van der Waals surface area contributed by atoms with Crippen molar-refractivity contribution in [3.8, 4) is 16.2 Å². The number of hydrogen-bond donors (Lipinski definition) is 0. The summed E-state index contributed by atoms with van der Waals surface area (Å²) in [6, 6.07) is 20.5. The monoisotopic (exact) mass is 492 g/mol. The number of hydrogen-bond acceptors (Lipinski definition) is 5. The van der Waals surface area contributed by atoms with E-state index in [0.717, 1.165) is 22.6 Å². The predicted octanol–water partition coefficient (Wildman–Crippen LogP) is 4.55. The first-order valence-corrected chi connectivity index (χ1v) is 13.6. The highest BCUT2D eigenvalue weighted by Gasteiger charge is 2.40. The molecule has 2 aromatic heterocycles. The maximum Gasteiger partial charge on any atom is 0.250 e. The van der Waals surface area contributed by atoms with E-state index in [1.165, 1.54) is 10.1 Å². The van der Waals surface area contributed by atoms with Gasteiger partial charge in [-0.15, -0.1) is 11.3 Å². The number of aromatic nitrogens is 1. The van der Waals surface area contributed by atoms with Gasteiger partial charge in [-0.05, 0) is 60.2 Å². The third kappa shape index (κ3) is 3.48. The Bertz CT molecular complexity index is 1520. The van der Waals surface area contributed by atoms with Gasteiger partial charge in [0.05, 0.1) is 12.0 Å². The molecule has 0 saturated carbocycles. The Morgan fingerprint density at radius 3 is 2.53 bits per heavy atom. The number of methoxy groups -OCH3 is 1. The molecule has 8 heteroatoms. The number of rotatable bonds is 4. The number of sulfonamides is 1. The lowest BCUT2D eigenvalue weighted by Gasteiger charge is -2.42. The lowest BCUT2D eigenvalue weighted by atomic mass is 9.82. The summed E-state index contributed by atoms with van der Waals surface area (Å²) in [4.78, 5) is 14.2. The summed E-state index contributed by atoms with van der Waals surface area (Å²) < 4.78 is 36.8. The van der Waals surface area contributed by atoms with Crippen molar-refractivity contribution in [2.45, 2.75) is 23.8 Å². The second-order valence-corrected chi connectivity index (χ2v) is 12.0. The molecule has 1 saturated heterocycles. The van der Waals surface area contributed by atoms with Gasteiger partial charge in [0.2, 0.25) is 10.0 Å². The minimum atomic E-state index is -3.65. The van der Waals surface area contributed by atoms with E-state index >= 15 is 0 Å². The van der Waals surface area contributed by atoms with Crippen LogP contribution in [-0.2, 0) is 16.6 Å². The SMILES string of the molecule is COc1ccc(S(=O)(=O)N2C[C@H]3C[C@H](C2)c2c(-c4cc5ccccc5s4)ccc(=O)n2C3)cc1. The molecule has 6 nitrogen and oxygen atoms in total. The molecule has 2 atom stereocenters. The third-order valence-electron chi connectivity index (χ3n) is 6.94. The molecule has 174 valence electrons. The van der Waals surface area contributed by atoms with E-state index in [0.29, 0.717) is 25.4 Å². The molecule has 2 aromatic carbocycles. The summed E-state index contributed by atoms with van der Waals surface area (Å²) >= 11 is 1.71. The van der Waals surface area contributed by atoms with Gasteiger partial charge in [0.15, 0.2) is 0 Å². The molecule has 0 unspecified atom stereocenters. The third-order valence-corrected chi connectivity index (χ3v) is 9.94. The summed E-state index contributed by atoms with van der Waals surface area (Å²) in [5.41, 5.74) is 1.99. The molecule has 2 bridgehead atoms. The second-order valence-electron chi connectivity index (χ2n) is 9.03. The van der Waals surface area contributed by atoms with Crippen molar-refractivity contribution >= 4 is 31.4 Å². The van der Waals surface area contributed by atoms with Gasteiger partial charge in [-0.2, -0.15) is 4.31 Å².